The monoisotopic (exact) mass is 291 g/mol. The van der Waals surface area contributed by atoms with Crippen molar-refractivity contribution in [2.24, 2.45) is 0 Å². The van der Waals surface area contributed by atoms with Crippen molar-refractivity contribution in [2.75, 3.05) is 0 Å². The number of carbonyl (C=O) groups excluding carboxylic acids is 1. The van der Waals surface area contributed by atoms with Gasteiger partial charge in [0.1, 0.15) is 17.3 Å². The Morgan fingerprint density at radius 1 is 1.33 bits per heavy atom. The molecular weight excluding hydrogens is 277 g/mol. The van der Waals surface area contributed by atoms with E-state index in [-0.39, 0.29) is 35.7 Å². The fourth-order valence-corrected chi connectivity index (χ4v) is 1.69. The third kappa shape index (κ3) is 3.62. The summed E-state index contributed by atoms with van der Waals surface area (Å²) in [6, 6.07) is 2.63. The molecule has 0 radical (unpaired) electrons. The lowest BCUT2D eigenvalue weighted by molar-refractivity contribution is -0.136. The normalized spacial score (nSPS) is 11.7. The molecule has 6 heteroatoms. The number of carbonyl (C=O) groups is 2. The van der Waals surface area contributed by atoms with Crippen LogP contribution in [0.5, 0.6) is 5.75 Å². The maximum atomic E-state index is 13.5. The van der Waals surface area contributed by atoms with Crippen molar-refractivity contribution in [2.45, 2.75) is 12.8 Å². The number of aromatic nitrogens is 1. The number of hydrogen-bond donors (Lipinski definition) is 2. The average molecular weight is 291 g/mol. The van der Waals surface area contributed by atoms with E-state index < -0.39 is 29.4 Å². The molecule has 0 bridgehead atoms. The first-order valence-corrected chi connectivity index (χ1v) is 6.01. The van der Waals surface area contributed by atoms with Crippen LogP contribution in [0.25, 0.3) is 11.1 Å². The molecule has 108 valence electrons. The average Bonchev–Trinajstić information content (AvgIpc) is 2.49. The maximum Gasteiger partial charge on any atom is 0.303 e. The summed E-state index contributed by atoms with van der Waals surface area (Å²) in [5, 5.41) is 18.4. The zero-order valence-corrected chi connectivity index (χ0v) is 10.8. The second-order valence-electron chi connectivity index (χ2n) is 4.23. The van der Waals surface area contributed by atoms with E-state index in [9.17, 15) is 19.1 Å². The molecule has 0 spiro atoms. The van der Waals surface area contributed by atoms with Gasteiger partial charge in [0.2, 0.25) is 0 Å². The van der Waals surface area contributed by atoms with Crippen LogP contribution < -0.4 is 0 Å². The van der Waals surface area contributed by atoms with Crippen LogP contribution in [0.2, 0.25) is 0 Å². The summed E-state index contributed by atoms with van der Waals surface area (Å²) in [5.74, 6) is -3.13. The molecule has 0 fully saturated rings. The predicted octanol–water partition coefficient (Wildman–Crippen LogP) is 2.64. The van der Waals surface area contributed by atoms with Gasteiger partial charge in [-0.3, -0.25) is 9.59 Å². The number of carboxylic acids is 1. The lowest BCUT2D eigenvalue weighted by Crippen LogP contribution is -2.06. The highest BCUT2D eigenvalue weighted by molar-refractivity contribution is 5.98. The van der Waals surface area contributed by atoms with Crippen LogP contribution >= 0.6 is 0 Å². The smallest absolute Gasteiger partial charge is 0.303 e. The number of carboxylic acid groups (broad SMARTS) is 1. The van der Waals surface area contributed by atoms with Gasteiger partial charge in [0.15, 0.2) is 5.78 Å². The number of rotatable bonds is 5. The first-order valence-electron chi connectivity index (χ1n) is 7.01. The van der Waals surface area contributed by atoms with Crippen molar-refractivity contribution < 1.29 is 26.9 Å². The number of aliphatic carboxylic acids is 1. The highest BCUT2D eigenvalue weighted by atomic mass is 19.1. The first-order chi connectivity index (χ1) is 10.8. The summed E-state index contributed by atoms with van der Waals surface area (Å²) >= 11 is 0. The Hall–Kier alpha value is -2.76. The number of hydrogen-bond acceptors (Lipinski definition) is 4. The quantitative estimate of drug-likeness (QED) is 0.827. The zero-order valence-electron chi connectivity index (χ0n) is 12.8. The first kappa shape index (κ1) is 12.0. The predicted molar refractivity (Wildman–Crippen MR) is 72.5 cm³/mol. The van der Waals surface area contributed by atoms with Crippen LogP contribution in [0.15, 0.2) is 36.5 Å². The van der Waals surface area contributed by atoms with E-state index in [0.29, 0.717) is 0 Å². The maximum absolute atomic E-state index is 13.5. The van der Waals surface area contributed by atoms with Crippen LogP contribution in [-0.4, -0.2) is 26.9 Å². The van der Waals surface area contributed by atoms with Gasteiger partial charge in [0.05, 0.1) is 9.16 Å². The van der Waals surface area contributed by atoms with Gasteiger partial charge in [0, 0.05) is 18.2 Å². The minimum absolute atomic E-state index is 0.0580. The van der Waals surface area contributed by atoms with E-state index in [0.717, 1.165) is 18.3 Å². The van der Waals surface area contributed by atoms with Crippen molar-refractivity contribution in [3.05, 3.63) is 48.0 Å². The Morgan fingerprint density at radius 3 is 2.76 bits per heavy atom. The Balaban J connectivity index is 2.39. The molecule has 1 aromatic carbocycles. The largest absolute Gasteiger partial charge is 0.506 e. The minimum atomic E-state index is -1.15. The lowest BCUT2D eigenvalue weighted by Gasteiger charge is -2.06. The summed E-state index contributed by atoms with van der Waals surface area (Å²) in [7, 11) is 0. The summed E-state index contributed by atoms with van der Waals surface area (Å²) < 4.78 is 28.9. The number of benzene rings is 1. The highest BCUT2D eigenvalue weighted by Crippen LogP contribution is 2.26. The van der Waals surface area contributed by atoms with Crippen molar-refractivity contribution in [3.8, 4) is 16.9 Å². The summed E-state index contributed by atoms with van der Waals surface area (Å²) in [4.78, 5) is 26.0. The van der Waals surface area contributed by atoms with Gasteiger partial charge < -0.3 is 10.2 Å². The number of nitrogens with zero attached hydrogens (tertiary/aromatic N) is 1. The van der Waals surface area contributed by atoms with Gasteiger partial charge in [-0.2, -0.15) is 0 Å². The summed E-state index contributed by atoms with van der Waals surface area (Å²) in [5.41, 5.74) is -0.242. The van der Waals surface area contributed by atoms with Crippen LogP contribution in [0.1, 0.15) is 26.1 Å². The third-order valence-corrected chi connectivity index (χ3v) is 2.69. The topological polar surface area (TPSA) is 87.5 Å². The zero-order chi connectivity index (χ0) is 17.1. The molecule has 0 unspecified atom stereocenters. The molecule has 21 heavy (non-hydrogen) atoms. The summed E-state index contributed by atoms with van der Waals surface area (Å²) in [6.07, 6.45) is 0.431. The van der Waals surface area contributed by atoms with Crippen molar-refractivity contribution in [1.82, 2.24) is 4.98 Å². The van der Waals surface area contributed by atoms with Crippen LogP contribution in [0.4, 0.5) is 4.39 Å². The van der Waals surface area contributed by atoms with E-state index >= 15 is 0 Å². The molecule has 2 N–H and O–H groups in total. The molecule has 2 aromatic rings. The van der Waals surface area contributed by atoms with Crippen molar-refractivity contribution in [1.29, 1.82) is 0 Å². The Labute approximate surface area is 122 Å². The molecule has 2 rings (SSSR count). The van der Waals surface area contributed by atoms with Crippen molar-refractivity contribution >= 4 is 11.8 Å². The Bertz CT molecular complexity index is 795. The number of Topliss-reactive ketones (excluding diaryl/α,β-unsaturated/α-hetero) is 1. The van der Waals surface area contributed by atoms with E-state index in [4.69, 9.17) is 7.85 Å². The fourth-order valence-electron chi connectivity index (χ4n) is 1.69. The molecule has 1 heterocycles. The van der Waals surface area contributed by atoms with Gasteiger partial charge in [-0.05, 0) is 23.7 Å². The number of halogens is 1. The Kier molecular flexibility index (Phi) is 3.51. The minimum Gasteiger partial charge on any atom is -0.506 e. The van der Waals surface area contributed by atoms with Gasteiger partial charge in [0.25, 0.3) is 0 Å². The SMILES string of the molecule is [2H]c1ccc(F)c([2H])c1-c1cnc(C(=O)CCC(=O)O)c(O)c1. The molecular formula is C15H12FNO4. The van der Waals surface area contributed by atoms with Gasteiger partial charge in [-0.15, -0.1) is 0 Å². The van der Waals surface area contributed by atoms with Gasteiger partial charge >= 0.3 is 5.97 Å². The molecule has 5 nitrogen and oxygen atoms in total. The second-order valence-corrected chi connectivity index (χ2v) is 4.23. The van der Waals surface area contributed by atoms with Gasteiger partial charge in [-0.25, -0.2) is 9.37 Å². The Morgan fingerprint density at radius 2 is 2.10 bits per heavy atom. The second kappa shape index (κ2) is 6.13. The molecule has 1 aromatic heterocycles. The van der Waals surface area contributed by atoms with E-state index in [1.807, 2.05) is 0 Å². The molecule has 0 aliphatic heterocycles. The molecule has 0 aliphatic carbocycles. The van der Waals surface area contributed by atoms with Crippen LogP contribution in [0.3, 0.4) is 0 Å². The fraction of sp³-hybridized carbons (Fsp3) is 0.133. The number of ketones is 1. The van der Waals surface area contributed by atoms with E-state index in [2.05, 4.69) is 4.98 Å². The number of pyridine rings is 1. The lowest BCUT2D eigenvalue weighted by atomic mass is 10.1. The standard InChI is InChI=1S/C15H12FNO4/c16-11-3-1-2-9(6-11)10-7-13(19)15(17-8-10)12(18)4-5-14(20)21/h1-3,6-8,19H,4-5H2,(H,20,21)/i2D,6D. The highest BCUT2D eigenvalue weighted by Gasteiger charge is 2.15. The summed E-state index contributed by atoms with van der Waals surface area (Å²) in [6.45, 7) is 0. The van der Waals surface area contributed by atoms with E-state index in [1.165, 1.54) is 6.07 Å². The number of aromatic hydroxyl groups is 1. The molecule has 0 saturated heterocycles. The van der Waals surface area contributed by atoms with E-state index in [1.54, 1.807) is 0 Å². The molecule has 0 aliphatic rings. The van der Waals surface area contributed by atoms with Crippen LogP contribution in [-0.2, 0) is 4.79 Å². The third-order valence-electron chi connectivity index (χ3n) is 2.69. The molecule has 0 atom stereocenters. The van der Waals surface area contributed by atoms with Crippen molar-refractivity contribution in [3.63, 3.8) is 0 Å². The van der Waals surface area contributed by atoms with Gasteiger partial charge in [-0.1, -0.05) is 12.1 Å². The molecule has 0 saturated carbocycles. The van der Waals surface area contributed by atoms with Crippen LogP contribution in [0, 0.1) is 5.82 Å². The molecule has 0 amide bonds.